The minimum atomic E-state index is 0.809. The Labute approximate surface area is 76.6 Å². The second-order valence-corrected chi connectivity index (χ2v) is 2.83. The van der Waals surface area contributed by atoms with Crippen LogP contribution in [-0.2, 0) is 0 Å². The van der Waals surface area contributed by atoms with Crippen molar-refractivity contribution in [1.29, 1.82) is 0 Å². The van der Waals surface area contributed by atoms with Gasteiger partial charge in [0.2, 0.25) is 0 Å². The maximum absolute atomic E-state index is 5.43. The molecule has 0 N–H and O–H groups in total. The van der Waals surface area contributed by atoms with Gasteiger partial charge in [-0.2, -0.15) is 4.73 Å². The predicted molar refractivity (Wildman–Crippen MR) is 49.4 cm³/mol. The molecule has 0 radical (unpaired) electrons. The van der Waals surface area contributed by atoms with Crippen molar-refractivity contribution in [3.05, 3.63) is 48.5 Å². The number of rotatable bonds is 2. The Bertz CT molecular complexity index is 364. The van der Waals surface area contributed by atoms with Gasteiger partial charge in [0.1, 0.15) is 6.33 Å². The van der Waals surface area contributed by atoms with Crippen LogP contribution in [0.2, 0.25) is 0 Å². The van der Waals surface area contributed by atoms with Gasteiger partial charge in [0.15, 0.2) is 5.75 Å². The lowest BCUT2D eigenvalue weighted by atomic mass is 10.2. The van der Waals surface area contributed by atoms with E-state index in [1.165, 1.54) is 5.56 Å². The number of benzene rings is 1. The summed E-state index contributed by atoms with van der Waals surface area (Å²) in [6.07, 6.45) is 5.04. The molecule has 0 saturated carbocycles. The number of aryl methyl sites for hydroxylation is 1. The molecule has 1 aromatic carbocycles. The molecule has 0 bridgehead atoms. The van der Waals surface area contributed by atoms with E-state index in [1.54, 1.807) is 23.5 Å². The Balaban J connectivity index is 2.15. The lowest BCUT2D eigenvalue weighted by molar-refractivity contribution is 0.215. The quantitative estimate of drug-likeness (QED) is 0.696. The minimum Gasteiger partial charge on any atom is -0.374 e. The highest BCUT2D eigenvalue weighted by molar-refractivity contribution is 5.26. The van der Waals surface area contributed by atoms with Crippen molar-refractivity contribution < 1.29 is 4.84 Å². The predicted octanol–water partition coefficient (Wildman–Crippen LogP) is 2.03. The van der Waals surface area contributed by atoms with Crippen molar-refractivity contribution in [2.75, 3.05) is 0 Å². The zero-order valence-corrected chi connectivity index (χ0v) is 7.34. The molecule has 0 amide bonds. The second kappa shape index (κ2) is 3.31. The fourth-order valence-corrected chi connectivity index (χ4v) is 1.02. The number of aromatic nitrogens is 2. The molecular weight excluding hydrogens is 164 g/mol. The van der Waals surface area contributed by atoms with Gasteiger partial charge >= 0.3 is 0 Å². The SMILES string of the molecule is Cc1ccc(On2ccnc2)cc1. The van der Waals surface area contributed by atoms with Crippen LogP contribution in [0.1, 0.15) is 5.56 Å². The molecule has 0 aliphatic carbocycles. The van der Waals surface area contributed by atoms with Gasteiger partial charge < -0.3 is 4.84 Å². The van der Waals surface area contributed by atoms with Gasteiger partial charge in [0.25, 0.3) is 0 Å². The van der Waals surface area contributed by atoms with Crippen LogP contribution in [-0.4, -0.2) is 9.71 Å². The molecule has 3 heteroatoms. The third kappa shape index (κ3) is 1.87. The number of hydrogen-bond acceptors (Lipinski definition) is 2. The summed E-state index contributed by atoms with van der Waals surface area (Å²) in [6.45, 7) is 2.04. The van der Waals surface area contributed by atoms with Crippen molar-refractivity contribution in [2.45, 2.75) is 6.92 Å². The highest BCUT2D eigenvalue weighted by Crippen LogP contribution is 2.11. The summed E-state index contributed by atoms with van der Waals surface area (Å²) in [5, 5.41) is 0. The van der Waals surface area contributed by atoms with Crippen LogP contribution in [0.15, 0.2) is 43.0 Å². The molecule has 1 heterocycles. The molecule has 0 aliphatic rings. The maximum atomic E-state index is 5.43. The van der Waals surface area contributed by atoms with E-state index in [1.807, 2.05) is 31.2 Å². The van der Waals surface area contributed by atoms with Crippen LogP contribution in [0.25, 0.3) is 0 Å². The molecule has 0 spiro atoms. The molecule has 0 aliphatic heterocycles. The van der Waals surface area contributed by atoms with E-state index in [-0.39, 0.29) is 0 Å². The summed E-state index contributed by atoms with van der Waals surface area (Å²) in [4.78, 5) is 9.30. The maximum Gasteiger partial charge on any atom is 0.155 e. The third-order valence-corrected chi connectivity index (χ3v) is 1.71. The molecule has 0 atom stereocenters. The zero-order valence-electron chi connectivity index (χ0n) is 7.34. The van der Waals surface area contributed by atoms with Crippen LogP contribution >= 0.6 is 0 Å². The average Bonchev–Trinajstić information content (AvgIpc) is 2.62. The van der Waals surface area contributed by atoms with Crippen LogP contribution in [0.5, 0.6) is 5.75 Å². The topological polar surface area (TPSA) is 27.1 Å². The van der Waals surface area contributed by atoms with Crippen LogP contribution in [0.4, 0.5) is 0 Å². The van der Waals surface area contributed by atoms with Gasteiger partial charge in [-0.3, -0.25) is 0 Å². The summed E-state index contributed by atoms with van der Waals surface area (Å²) < 4.78 is 1.56. The smallest absolute Gasteiger partial charge is 0.155 e. The molecule has 2 rings (SSSR count). The molecule has 0 saturated heterocycles. The summed E-state index contributed by atoms with van der Waals surface area (Å²) in [7, 11) is 0. The van der Waals surface area contributed by atoms with E-state index in [9.17, 15) is 0 Å². The first kappa shape index (κ1) is 7.86. The van der Waals surface area contributed by atoms with Gasteiger partial charge in [0, 0.05) is 6.20 Å². The summed E-state index contributed by atoms with van der Waals surface area (Å²) in [6, 6.07) is 7.86. The van der Waals surface area contributed by atoms with Crippen LogP contribution < -0.4 is 4.84 Å². The lowest BCUT2D eigenvalue weighted by Gasteiger charge is -2.04. The van der Waals surface area contributed by atoms with Crippen LogP contribution in [0.3, 0.4) is 0 Å². The van der Waals surface area contributed by atoms with E-state index in [2.05, 4.69) is 4.98 Å². The van der Waals surface area contributed by atoms with Gasteiger partial charge in [-0.15, -0.1) is 0 Å². The Morgan fingerprint density at radius 2 is 2.00 bits per heavy atom. The van der Waals surface area contributed by atoms with Gasteiger partial charge in [0.05, 0.1) is 6.20 Å². The molecule has 66 valence electrons. The van der Waals surface area contributed by atoms with Gasteiger partial charge in [-0.05, 0) is 19.1 Å². The van der Waals surface area contributed by atoms with Gasteiger partial charge in [-0.25, -0.2) is 4.98 Å². The van der Waals surface area contributed by atoms with Crippen molar-refractivity contribution in [3.63, 3.8) is 0 Å². The van der Waals surface area contributed by atoms with E-state index < -0.39 is 0 Å². The zero-order chi connectivity index (χ0) is 9.10. The standard InChI is InChI=1S/C10H10N2O/c1-9-2-4-10(5-3-9)13-12-7-6-11-8-12/h2-8H,1H3. The molecule has 1 aromatic heterocycles. The van der Waals surface area contributed by atoms with Crippen molar-refractivity contribution >= 4 is 0 Å². The van der Waals surface area contributed by atoms with E-state index in [4.69, 9.17) is 4.84 Å². The molecule has 0 unspecified atom stereocenters. The van der Waals surface area contributed by atoms with E-state index >= 15 is 0 Å². The average molecular weight is 174 g/mol. The Kier molecular flexibility index (Phi) is 2.00. The van der Waals surface area contributed by atoms with Crippen molar-refractivity contribution in [1.82, 2.24) is 9.71 Å². The van der Waals surface area contributed by atoms with Crippen molar-refractivity contribution in [3.8, 4) is 5.75 Å². The first-order valence-electron chi connectivity index (χ1n) is 4.07. The molecule has 3 nitrogen and oxygen atoms in total. The lowest BCUT2D eigenvalue weighted by Crippen LogP contribution is -2.00. The fraction of sp³-hybridized carbons (Fsp3) is 0.100. The first-order chi connectivity index (χ1) is 6.34. The van der Waals surface area contributed by atoms with Gasteiger partial charge in [-0.1, -0.05) is 17.7 Å². The molecule has 13 heavy (non-hydrogen) atoms. The molecule has 0 fully saturated rings. The highest BCUT2D eigenvalue weighted by atomic mass is 16.7. The summed E-state index contributed by atoms with van der Waals surface area (Å²) in [5.74, 6) is 0.809. The Morgan fingerprint density at radius 1 is 1.23 bits per heavy atom. The minimum absolute atomic E-state index is 0.809. The van der Waals surface area contributed by atoms with E-state index in [0.717, 1.165) is 5.75 Å². The largest absolute Gasteiger partial charge is 0.374 e. The summed E-state index contributed by atoms with van der Waals surface area (Å²) >= 11 is 0. The number of nitrogens with zero attached hydrogens (tertiary/aromatic N) is 2. The summed E-state index contributed by atoms with van der Waals surface area (Å²) in [5.41, 5.74) is 1.22. The molecule has 2 aromatic rings. The van der Waals surface area contributed by atoms with E-state index in [0.29, 0.717) is 0 Å². The number of hydrogen-bond donors (Lipinski definition) is 0. The third-order valence-electron chi connectivity index (χ3n) is 1.71. The normalized spacial score (nSPS) is 9.92. The Hall–Kier alpha value is -1.77. The first-order valence-corrected chi connectivity index (χ1v) is 4.07. The highest BCUT2D eigenvalue weighted by Gasteiger charge is 1.93. The monoisotopic (exact) mass is 174 g/mol. The van der Waals surface area contributed by atoms with Crippen molar-refractivity contribution in [2.24, 2.45) is 0 Å². The number of imidazole rings is 1. The fourth-order valence-electron chi connectivity index (χ4n) is 1.02. The second-order valence-electron chi connectivity index (χ2n) is 2.83. The Morgan fingerprint density at radius 3 is 2.62 bits per heavy atom. The van der Waals surface area contributed by atoms with Crippen LogP contribution in [0, 0.1) is 6.92 Å². The molecular formula is C10H10N2O.